The zero-order chi connectivity index (χ0) is 31.6. The molecule has 1 heterocycles. The van der Waals surface area contributed by atoms with E-state index in [-0.39, 0.29) is 11.9 Å². The van der Waals surface area contributed by atoms with E-state index >= 15 is 0 Å². The summed E-state index contributed by atoms with van der Waals surface area (Å²) in [6.07, 6.45) is 54.8. The molecule has 2 nitrogen and oxygen atoms in total. The molecule has 1 atom stereocenters. The smallest absolute Gasteiger partial charge is 0.325 e. The van der Waals surface area contributed by atoms with Crippen LogP contribution in [0.5, 0.6) is 0 Å². The van der Waals surface area contributed by atoms with E-state index in [1.807, 2.05) is 6.08 Å². The predicted molar refractivity (Wildman–Crippen MR) is 195 cm³/mol. The van der Waals surface area contributed by atoms with Crippen LogP contribution in [0.25, 0.3) is 0 Å². The second-order valence-corrected chi connectivity index (χ2v) is 13.8. The van der Waals surface area contributed by atoms with Gasteiger partial charge in [-0.05, 0) is 31.8 Å². The summed E-state index contributed by atoms with van der Waals surface area (Å²) in [5.74, 6) is 0.567. The zero-order valence-electron chi connectivity index (χ0n) is 29.9. The van der Waals surface area contributed by atoms with Crippen LogP contribution < -0.4 is 0 Å². The fraction of sp³-hybridized carbons (Fsp3) is 0.833. The van der Waals surface area contributed by atoms with Gasteiger partial charge >= 0.3 is 5.97 Å². The second kappa shape index (κ2) is 33.1. The fourth-order valence-electron chi connectivity index (χ4n) is 6.37. The van der Waals surface area contributed by atoms with Crippen molar-refractivity contribution in [2.24, 2.45) is 5.92 Å². The molecule has 0 radical (unpaired) electrons. The molecule has 1 fully saturated rings. The predicted octanol–water partition coefficient (Wildman–Crippen LogP) is 14.7. The van der Waals surface area contributed by atoms with Crippen LogP contribution in [0.2, 0.25) is 0 Å². The number of hydrogen-bond donors (Lipinski definition) is 0. The van der Waals surface area contributed by atoms with Gasteiger partial charge in [0.25, 0.3) is 0 Å². The van der Waals surface area contributed by atoms with E-state index in [4.69, 9.17) is 4.74 Å². The van der Waals surface area contributed by atoms with Crippen molar-refractivity contribution in [3.05, 3.63) is 36.1 Å². The van der Waals surface area contributed by atoms with Crippen molar-refractivity contribution in [3.8, 4) is 0 Å². The second-order valence-electron chi connectivity index (χ2n) is 13.8. The molecule has 1 rings (SSSR count). The molecule has 0 aromatic heterocycles. The van der Waals surface area contributed by atoms with Crippen LogP contribution in [-0.4, -0.2) is 5.97 Å². The first-order chi connectivity index (χ1) is 21.8. The van der Waals surface area contributed by atoms with Crippen LogP contribution in [0.3, 0.4) is 0 Å². The Morgan fingerprint density at radius 2 is 0.773 bits per heavy atom. The average Bonchev–Trinajstić information content (AvgIpc) is 3.03. The summed E-state index contributed by atoms with van der Waals surface area (Å²) in [6, 6.07) is 0. The first-order valence-corrected chi connectivity index (χ1v) is 20.0. The molecule has 1 aliphatic rings. The monoisotopic (exact) mass is 613 g/mol. The van der Waals surface area contributed by atoms with Gasteiger partial charge in [-0.15, -0.1) is 0 Å². The van der Waals surface area contributed by atoms with E-state index in [0.717, 1.165) is 18.6 Å². The van der Waals surface area contributed by atoms with Crippen LogP contribution in [-0.2, 0) is 9.53 Å². The topological polar surface area (TPSA) is 26.3 Å². The van der Waals surface area contributed by atoms with E-state index in [1.54, 1.807) is 0 Å². The van der Waals surface area contributed by atoms with Crippen molar-refractivity contribution in [1.29, 1.82) is 0 Å². The Hall–Kier alpha value is -1.31. The molecule has 2 heteroatoms. The summed E-state index contributed by atoms with van der Waals surface area (Å²) >= 11 is 0. The minimum atomic E-state index is -0.151. The number of esters is 1. The molecule has 1 saturated heterocycles. The quantitative estimate of drug-likeness (QED) is 0.0410. The Bertz CT molecular complexity index is 703. The zero-order valence-corrected chi connectivity index (χ0v) is 29.9. The molecule has 1 unspecified atom stereocenters. The highest BCUT2D eigenvalue weighted by molar-refractivity contribution is 5.85. The van der Waals surface area contributed by atoms with Crippen molar-refractivity contribution >= 4 is 5.97 Å². The Balaban J connectivity index is 1.88. The molecule has 0 aliphatic carbocycles. The van der Waals surface area contributed by atoms with Crippen LogP contribution in [0, 0.1) is 5.92 Å². The van der Waals surface area contributed by atoms with Crippen molar-refractivity contribution in [2.75, 3.05) is 0 Å². The maximum absolute atomic E-state index is 11.9. The average molecular weight is 613 g/mol. The van der Waals surface area contributed by atoms with Crippen LogP contribution >= 0.6 is 0 Å². The Kier molecular flexibility index (Phi) is 30.6. The van der Waals surface area contributed by atoms with E-state index in [1.165, 1.54) is 193 Å². The molecule has 1 aliphatic heterocycles. The van der Waals surface area contributed by atoms with Crippen molar-refractivity contribution in [3.63, 3.8) is 0 Å². The maximum atomic E-state index is 11.9. The number of unbranched alkanes of at least 4 members (excludes halogenated alkanes) is 30. The minimum absolute atomic E-state index is 0.0974. The number of cyclic esters (lactones) is 1. The molecule has 44 heavy (non-hydrogen) atoms. The van der Waals surface area contributed by atoms with Gasteiger partial charge in [0.15, 0.2) is 0 Å². The summed E-state index contributed by atoms with van der Waals surface area (Å²) in [5, 5.41) is 0. The highest BCUT2D eigenvalue weighted by atomic mass is 16.6. The van der Waals surface area contributed by atoms with Crippen LogP contribution in [0.1, 0.15) is 219 Å². The third-order valence-electron chi connectivity index (χ3n) is 9.45. The highest BCUT2D eigenvalue weighted by Crippen LogP contribution is 2.28. The minimum Gasteiger partial charge on any atom is -0.429 e. The summed E-state index contributed by atoms with van der Waals surface area (Å²) in [6.45, 7) is 4.58. The number of rotatable bonds is 34. The lowest BCUT2D eigenvalue weighted by atomic mass is 10.00. The Morgan fingerprint density at radius 3 is 1.11 bits per heavy atom. The van der Waals surface area contributed by atoms with Gasteiger partial charge in [0, 0.05) is 0 Å². The van der Waals surface area contributed by atoms with E-state index in [0.29, 0.717) is 0 Å². The van der Waals surface area contributed by atoms with Crippen molar-refractivity contribution in [2.45, 2.75) is 219 Å². The van der Waals surface area contributed by atoms with Gasteiger partial charge < -0.3 is 4.74 Å². The van der Waals surface area contributed by atoms with Gasteiger partial charge in [-0.1, -0.05) is 218 Å². The third kappa shape index (κ3) is 26.0. The highest BCUT2D eigenvalue weighted by Gasteiger charge is 2.34. The van der Waals surface area contributed by atoms with E-state index in [9.17, 15) is 4.79 Å². The van der Waals surface area contributed by atoms with Gasteiger partial charge in [0.05, 0.1) is 0 Å². The molecule has 0 bridgehead atoms. The number of ether oxygens (including phenoxy) is 1. The molecular weight excluding hydrogens is 536 g/mol. The molecule has 0 amide bonds. The maximum Gasteiger partial charge on any atom is 0.325 e. The third-order valence-corrected chi connectivity index (χ3v) is 9.45. The lowest BCUT2D eigenvalue weighted by molar-refractivity contribution is -0.154. The van der Waals surface area contributed by atoms with Gasteiger partial charge in [-0.2, -0.15) is 0 Å². The first-order valence-electron chi connectivity index (χ1n) is 20.0. The number of carbonyl (C=O) groups excluding carboxylic acids is 1. The lowest BCUT2D eigenvalue weighted by Gasteiger charge is -2.24. The van der Waals surface area contributed by atoms with E-state index < -0.39 is 0 Å². The molecule has 0 aromatic rings. The van der Waals surface area contributed by atoms with Gasteiger partial charge in [0.2, 0.25) is 0 Å². The SMILES string of the molecule is CCCCCCCCCCCCCCCCC/C=C/C=C1/OC(=O)C1/C=C/CCCCCCCCCCCCCCCCC. The number of allylic oxidation sites excluding steroid dienone is 4. The summed E-state index contributed by atoms with van der Waals surface area (Å²) in [4.78, 5) is 11.9. The van der Waals surface area contributed by atoms with E-state index in [2.05, 4.69) is 38.2 Å². The Labute approximate surface area is 276 Å². The fourth-order valence-corrected chi connectivity index (χ4v) is 6.37. The lowest BCUT2D eigenvalue weighted by Crippen LogP contribution is -2.30. The first kappa shape index (κ1) is 40.7. The Morgan fingerprint density at radius 1 is 0.455 bits per heavy atom. The molecule has 0 spiro atoms. The normalized spacial score (nSPS) is 16.0. The summed E-state index contributed by atoms with van der Waals surface area (Å²) < 4.78 is 5.29. The molecule has 0 aromatic carbocycles. The summed E-state index contributed by atoms with van der Waals surface area (Å²) in [7, 11) is 0. The molecule has 0 saturated carbocycles. The molecule has 256 valence electrons. The van der Waals surface area contributed by atoms with Gasteiger partial charge in [-0.25, -0.2) is 0 Å². The van der Waals surface area contributed by atoms with Crippen LogP contribution in [0.4, 0.5) is 0 Å². The number of hydrogen-bond acceptors (Lipinski definition) is 2. The van der Waals surface area contributed by atoms with Gasteiger partial charge in [0.1, 0.15) is 11.7 Å². The van der Waals surface area contributed by atoms with Crippen LogP contribution in [0.15, 0.2) is 36.1 Å². The van der Waals surface area contributed by atoms with Crippen molar-refractivity contribution < 1.29 is 9.53 Å². The molecular formula is C42H76O2. The van der Waals surface area contributed by atoms with Gasteiger partial charge in [-0.3, -0.25) is 4.79 Å². The molecule has 0 N–H and O–H groups in total. The van der Waals surface area contributed by atoms with Crippen molar-refractivity contribution in [1.82, 2.24) is 0 Å². The standard InChI is InChI=1S/C42H76O2/c1-3-5-7-9-11-13-15-17-19-21-23-25-27-29-31-33-35-37-39-41-40(42(43)44-41)38-36-34-32-30-28-26-24-22-20-18-16-14-12-10-8-6-4-2/h35-40H,3-34H2,1-2H3/b37-35+,38-36+,41-39+. The summed E-state index contributed by atoms with van der Waals surface area (Å²) in [5.41, 5.74) is 0. The number of carbonyl (C=O) groups is 1. The largest absolute Gasteiger partial charge is 0.429 e.